The number of hydrogen-bond acceptors (Lipinski definition) is 5. The number of anilines is 2. The van der Waals surface area contributed by atoms with Crippen LogP contribution in [0.3, 0.4) is 0 Å². The maximum absolute atomic E-state index is 12.5. The molecular formula is C22H26N4O4. The first kappa shape index (κ1) is 21.3. The van der Waals surface area contributed by atoms with Gasteiger partial charge in [0, 0.05) is 49.7 Å². The van der Waals surface area contributed by atoms with Gasteiger partial charge in [0.05, 0.1) is 19.8 Å². The van der Waals surface area contributed by atoms with Gasteiger partial charge in [0.2, 0.25) is 5.91 Å². The van der Waals surface area contributed by atoms with Crippen molar-refractivity contribution in [1.82, 2.24) is 9.80 Å². The maximum atomic E-state index is 12.5. The lowest BCUT2D eigenvalue weighted by atomic mass is 10.1. The normalized spacial score (nSPS) is 13.5. The third-order valence-electron chi connectivity index (χ3n) is 4.68. The highest BCUT2D eigenvalue weighted by Crippen LogP contribution is 2.14. The van der Waals surface area contributed by atoms with Crippen molar-refractivity contribution in [3.8, 4) is 0 Å². The van der Waals surface area contributed by atoms with Gasteiger partial charge in [-0.2, -0.15) is 0 Å². The number of morpholine rings is 1. The van der Waals surface area contributed by atoms with Crippen molar-refractivity contribution >= 4 is 29.1 Å². The van der Waals surface area contributed by atoms with Crippen molar-refractivity contribution in [3.63, 3.8) is 0 Å². The van der Waals surface area contributed by atoms with E-state index in [-0.39, 0.29) is 24.3 Å². The fourth-order valence-electron chi connectivity index (χ4n) is 3.06. The Kier molecular flexibility index (Phi) is 7.03. The molecule has 8 nitrogen and oxygen atoms in total. The maximum Gasteiger partial charge on any atom is 0.254 e. The Morgan fingerprint density at radius 3 is 2.33 bits per heavy atom. The first-order chi connectivity index (χ1) is 14.4. The van der Waals surface area contributed by atoms with Crippen molar-refractivity contribution < 1.29 is 19.1 Å². The minimum atomic E-state index is -0.238. The second kappa shape index (κ2) is 9.89. The molecule has 0 radical (unpaired) electrons. The number of nitrogens with one attached hydrogen (secondary N) is 2. The lowest BCUT2D eigenvalue weighted by Crippen LogP contribution is -2.40. The molecule has 0 saturated carbocycles. The van der Waals surface area contributed by atoms with Crippen LogP contribution in [0.25, 0.3) is 0 Å². The highest BCUT2D eigenvalue weighted by molar-refractivity contribution is 5.98. The molecule has 0 aliphatic carbocycles. The number of amides is 3. The number of hydrogen-bond donors (Lipinski definition) is 2. The van der Waals surface area contributed by atoms with E-state index < -0.39 is 0 Å². The molecule has 1 fully saturated rings. The molecule has 158 valence electrons. The zero-order valence-corrected chi connectivity index (χ0v) is 17.2. The predicted octanol–water partition coefficient (Wildman–Crippen LogP) is 1.91. The average Bonchev–Trinajstić information content (AvgIpc) is 2.77. The third-order valence-corrected chi connectivity index (χ3v) is 4.68. The molecule has 0 spiro atoms. The molecule has 2 N–H and O–H groups in total. The molecule has 3 rings (SSSR count). The number of carbonyl (C=O) groups excluding carboxylic acids is 3. The Morgan fingerprint density at radius 2 is 1.67 bits per heavy atom. The third kappa shape index (κ3) is 5.57. The molecule has 1 saturated heterocycles. The molecule has 2 aromatic carbocycles. The summed E-state index contributed by atoms with van der Waals surface area (Å²) in [5, 5.41) is 5.81. The van der Waals surface area contributed by atoms with Gasteiger partial charge in [-0.15, -0.1) is 0 Å². The fourth-order valence-corrected chi connectivity index (χ4v) is 3.06. The quantitative estimate of drug-likeness (QED) is 0.759. The summed E-state index contributed by atoms with van der Waals surface area (Å²) in [7, 11) is 3.36. The van der Waals surface area contributed by atoms with Gasteiger partial charge >= 0.3 is 0 Å². The minimum absolute atomic E-state index is 0.0188. The van der Waals surface area contributed by atoms with Crippen LogP contribution < -0.4 is 10.6 Å². The Morgan fingerprint density at radius 1 is 0.967 bits per heavy atom. The Labute approximate surface area is 175 Å². The van der Waals surface area contributed by atoms with Gasteiger partial charge in [-0.05, 0) is 42.5 Å². The van der Waals surface area contributed by atoms with Gasteiger partial charge in [-0.1, -0.05) is 6.07 Å². The summed E-state index contributed by atoms with van der Waals surface area (Å²) >= 11 is 0. The largest absolute Gasteiger partial charge is 0.378 e. The Hall–Kier alpha value is -3.39. The van der Waals surface area contributed by atoms with E-state index in [2.05, 4.69) is 10.6 Å². The topological polar surface area (TPSA) is 91.0 Å². The second-order valence-electron chi connectivity index (χ2n) is 7.16. The summed E-state index contributed by atoms with van der Waals surface area (Å²) in [5.74, 6) is -0.386. The van der Waals surface area contributed by atoms with E-state index in [4.69, 9.17) is 4.74 Å². The van der Waals surface area contributed by atoms with E-state index in [1.54, 1.807) is 67.5 Å². The highest BCUT2D eigenvalue weighted by atomic mass is 16.5. The Bertz CT molecular complexity index is 906. The number of ether oxygens (including phenoxy) is 1. The van der Waals surface area contributed by atoms with E-state index in [0.717, 1.165) is 5.69 Å². The van der Waals surface area contributed by atoms with Crippen LogP contribution in [0.5, 0.6) is 0 Å². The van der Waals surface area contributed by atoms with Crippen LogP contribution in [0.2, 0.25) is 0 Å². The molecule has 0 aromatic heterocycles. The number of carbonyl (C=O) groups is 3. The molecule has 1 aliphatic rings. The molecule has 0 bridgehead atoms. The van der Waals surface area contributed by atoms with E-state index in [0.29, 0.717) is 43.1 Å². The van der Waals surface area contributed by atoms with Crippen LogP contribution in [-0.2, 0) is 9.53 Å². The molecule has 30 heavy (non-hydrogen) atoms. The highest BCUT2D eigenvalue weighted by Gasteiger charge is 2.18. The zero-order chi connectivity index (χ0) is 21.5. The van der Waals surface area contributed by atoms with Crippen LogP contribution in [-0.4, -0.2) is 74.5 Å². The summed E-state index contributed by atoms with van der Waals surface area (Å²) in [6.07, 6.45) is 0. The van der Waals surface area contributed by atoms with Gasteiger partial charge < -0.3 is 25.2 Å². The van der Waals surface area contributed by atoms with Crippen LogP contribution in [0.4, 0.5) is 11.4 Å². The summed E-state index contributed by atoms with van der Waals surface area (Å²) in [6.45, 7) is 2.38. The smallest absolute Gasteiger partial charge is 0.254 e. The van der Waals surface area contributed by atoms with Crippen molar-refractivity contribution in [1.29, 1.82) is 0 Å². The van der Waals surface area contributed by atoms with Crippen molar-refractivity contribution in [2.75, 3.05) is 57.6 Å². The van der Waals surface area contributed by atoms with Crippen molar-refractivity contribution in [3.05, 3.63) is 59.7 Å². The van der Waals surface area contributed by atoms with E-state index in [9.17, 15) is 14.4 Å². The zero-order valence-electron chi connectivity index (χ0n) is 17.2. The van der Waals surface area contributed by atoms with Crippen LogP contribution in [0, 0.1) is 0 Å². The standard InChI is InChI=1S/C22H26N4O4/c1-25(2)21(28)17-4-3-5-19(14-17)24-20(27)15-23-18-8-6-16(7-9-18)22(29)26-10-12-30-13-11-26/h3-9,14,23H,10-13,15H2,1-2H3,(H,24,27). The average molecular weight is 410 g/mol. The molecule has 0 unspecified atom stereocenters. The van der Waals surface area contributed by atoms with Crippen LogP contribution in [0.15, 0.2) is 48.5 Å². The first-order valence-electron chi connectivity index (χ1n) is 9.76. The molecule has 0 atom stereocenters. The molecule has 1 aliphatic heterocycles. The summed E-state index contributed by atoms with van der Waals surface area (Å²) in [4.78, 5) is 40.0. The number of rotatable bonds is 6. The molecule has 1 heterocycles. The van der Waals surface area contributed by atoms with Crippen LogP contribution in [0.1, 0.15) is 20.7 Å². The molecule has 2 aromatic rings. The summed E-state index contributed by atoms with van der Waals surface area (Å²) in [6, 6.07) is 13.8. The van der Waals surface area contributed by atoms with Crippen molar-refractivity contribution in [2.24, 2.45) is 0 Å². The number of benzene rings is 2. The van der Waals surface area contributed by atoms with E-state index in [1.165, 1.54) is 4.90 Å². The summed E-state index contributed by atoms with van der Waals surface area (Å²) in [5.41, 5.74) is 2.40. The minimum Gasteiger partial charge on any atom is -0.378 e. The molecule has 8 heteroatoms. The first-order valence-corrected chi connectivity index (χ1v) is 9.76. The van der Waals surface area contributed by atoms with E-state index >= 15 is 0 Å². The van der Waals surface area contributed by atoms with E-state index in [1.807, 2.05) is 0 Å². The SMILES string of the molecule is CN(C)C(=O)c1cccc(NC(=O)CNc2ccc(C(=O)N3CCOCC3)cc2)c1. The van der Waals surface area contributed by atoms with Gasteiger partial charge in [0.1, 0.15) is 0 Å². The van der Waals surface area contributed by atoms with Crippen LogP contribution >= 0.6 is 0 Å². The lowest BCUT2D eigenvalue weighted by molar-refractivity contribution is -0.114. The fraction of sp³-hybridized carbons (Fsp3) is 0.318. The van der Waals surface area contributed by atoms with Gasteiger partial charge in [-0.3, -0.25) is 14.4 Å². The second-order valence-corrected chi connectivity index (χ2v) is 7.16. The predicted molar refractivity (Wildman–Crippen MR) is 115 cm³/mol. The lowest BCUT2D eigenvalue weighted by Gasteiger charge is -2.26. The molecular weight excluding hydrogens is 384 g/mol. The van der Waals surface area contributed by atoms with Gasteiger partial charge in [0.25, 0.3) is 11.8 Å². The van der Waals surface area contributed by atoms with Crippen molar-refractivity contribution in [2.45, 2.75) is 0 Å². The van der Waals surface area contributed by atoms with Gasteiger partial charge in [-0.25, -0.2) is 0 Å². The van der Waals surface area contributed by atoms with Gasteiger partial charge in [0.15, 0.2) is 0 Å². The summed E-state index contributed by atoms with van der Waals surface area (Å²) < 4.78 is 5.27. The Balaban J connectivity index is 1.52. The molecule has 3 amide bonds. The monoisotopic (exact) mass is 410 g/mol. The number of nitrogens with zero attached hydrogens (tertiary/aromatic N) is 2.